The van der Waals surface area contributed by atoms with Crippen LogP contribution in [0.4, 0.5) is 0 Å². The molecule has 0 aliphatic heterocycles. The zero-order valence-electron chi connectivity index (χ0n) is 8.53. The highest BCUT2D eigenvalue weighted by Crippen LogP contribution is 2.16. The van der Waals surface area contributed by atoms with Gasteiger partial charge in [-0.25, -0.2) is 0 Å². The van der Waals surface area contributed by atoms with Crippen LogP contribution in [0.3, 0.4) is 0 Å². The number of pyridine rings is 1. The van der Waals surface area contributed by atoms with Crippen molar-refractivity contribution in [3.8, 4) is 0 Å². The lowest BCUT2D eigenvalue weighted by atomic mass is 10.1. The summed E-state index contributed by atoms with van der Waals surface area (Å²) in [6, 6.07) is 9.73. The largest absolute Gasteiger partial charge is 0.311 e. The molecule has 0 N–H and O–H groups in total. The van der Waals surface area contributed by atoms with E-state index in [0.717, 1.165) is 22.8 Å². The van der Waals surface area contributed by atoms with Gasteiger partial charge in [-0.05, 0) is 18.1 Å². The van der Waals surface area contributed by atoms with Gasteiger partial charge >= 0.3 is 0 Å². The molecule has 2 aromatic rings. The van der Waals surface area contributed by atoms with Crippen LogP contribution in [0, 0.1) is 0 Å². The van der Waals surface area contributed by atoms with Crippen LogP contribution in [0.25, 0.3) is 10.9 Å². The summed E-state index contributed by atoms with van der Waals surface area (Å²) in [6.07, 6.45) is 0.886. The van der Waals surface area contributed by atoms with Crippen LogP contribution in [0.1, 0.15) is 5.56 Å². The van der Waals surface area contributed by atoms with Crippen molar-refractivity contribution in [1.82, 2.24) is 4.57 Å². The number of aryl methyl sites for hydroxylation is 2. The molecule has 0 fully saturated rings. The van der Waals surface area contributed by atoms with Crippen molar-refractivity contribution >= 4 is 26.8 Å². The number of alkyl halides is 1. The van der Waals surface area contributed by atoms with E-state index in [9.17, 15) is 4.79 Å². The van der Waals surface area contributed by atoms with Gasteiger partial charge in [0.05, 0.1) is 5.52 Å². The lowest BCUT2D eigenvalue weighted by Gasteiger charge is -2.08. The van der Waals surface area contributed by atoms with Crippen molar-refractivity contribution < 1.29 is 0 Å². The van der Waals surface area contributed by atoms with Crippen molar-refractivity contribution in [1.29, 1.82) is 0 Å². The van der Waals surface area contributed by atoms with Crippen LogP contribution in [-0.2, 0) is 13.5 Å². The maximum Gasteiger partial charge on any atom is 0.251 e. The van der Waals surface area contributed by atoms with E-state index < -0.39 is 0 Å². The first kappa shape index (κ1) is 10.4. The van der Waals surface area contributed by atoms with Gasteiger partial charge in [-0.3, -0.25) is 4.79 Å². The minimum absolute atomic E-state index is 0.0599. The van der Waals surface area contributed by atoms with E-state index in [1.54, 1.807) is 10.6 Å². The molecule has 15 heavy (non-hydrogen) atoms. The average molecular weight is 266 g/mol. The highest BCUT2D eigenvalue weighted by molar-refractivity contribution is 9.09. The van der Waals surface area contributed by atoms with E-state index in [2.05, 4.69) is 22.0 Å². The van der Waals surface area contributed by atoms with E-state index in [1.807, 2.05) is 25.2 Å². The topological polar surface area (TPSA) is 22.0 Å². The first-order valence-corrected chi connectivity index (χ1v) is 6.00. The molecule has 3 heteroatoms. The van der Waals surface area contributed by atoms with E-state index in [4.69, 9.17) is 0 Å². The smallest absolute Gasteiger partial charge is 0.251 e. The number of nitrogens with zero attached hydrogens (tertiary/aromatic N) is 1. The summed E-state index contributed by atoms with van der Waals surface area (Å²) in [4.78, 5) is 11.7. The zero-order chi connectivity index (χ0) is 10.8. The van der Waals surface area contributed by atoms with Crippen LogP contribution >= 0.6 is 15.9 Å². The normalized spacial score (nSPS) is 10.8. The van der Waals surface area contributed by atoms with Crippen molar-refractivity contribution in [3.05, 3.63) is 46.2 Å². The second-order valence-electron chi connectivity index (χ2n) is 3.52. The Labute approximate surface area is 96.7 Å². The molecule has 0 spiro atoms. The number of halogens is 1. The average Bonchev–Trinajstić information content (AvgIpc) is 2.26. The molecular weight excluding hydrogens is 254 g/mol. The predicted molar refractivity (Wildman–Crippen MR) is 66.7 cm³/mol. The van der Waals surface area contributed by atoms with Crippen LogP contribution < -0.4 is 5.56 Å². The fourth-order valence-corrected chi connectivity index (χ4v) is 2.22. The predicted octanol–water partition coefficient (Wildman–Crippen LogP) is 2.48. The van der Waals surface area contributed by atoms with Crippen molar-refractivity contribution in [3.63, 3.8) is 0 Å². The first-order valence-electron chi connectivity index (χ1n) is 4.87. The van der Waals surface area contributed by atoms with Crippen LogP contribution in [0.15, 0.2) is 35.1 Å². The molecule has 0 aliphatic rings. The molecule has 0 radical (unpaired) electrons. The molecule has 1 heterocycles. The van der Waals surface area contributed by atoms with Gasteiger partial charge in [0.2, 0.25) is 0 Å². The van der Waals surface area contributed by atoms with Gasteiger partial charge < -0.3 is 4.57 Å². The van der Waals surface area contributed by atoms with E-state index >= 15 is 0 Å². The second kappa shape index (κ2) is 4.19. The Kier molecular flexibility index (Phi) is 2.91. The third-order valence-electron chi connectivity index (χ3n) is 2.60. The molecule has 78 valence electrons. The fraction of sp³-hybridized carbons (Fsp3) is 0.250. The van der Waals surface area contributed by atoms with Gasteiger partial charge in [0.15, 0.2) is 0 Å². The molecular formula is C12H12BrNO. The summed E-state index contributed by atoms with van der Waals surface area (Å²) in [7, 11) is 1.81. The molecule has 1 aromatic heterocycles. The third kappa shape index (κ3) is 1.84. The number of hydrogen-bond donors (Lipinski definition) is 0. The zero-order valence-corrected chi connectivity index (χ0v) is 10.1. The second-order valence-corrected chi connectivity index (χ2v) is 4.32. The molecule has 0 atom stereocenters. The maximum atomic E-state index is 11.7. The van der Waals surface area contributed by atoms with Crippen LogP contribution in [0.2, 0.25) is 0 Å². The molecule has 0 saturated carbocycles. The van der Waals surface area contributed by atoms with Gasteiger partial charge in [0.25, 0.3) is 5.56 Å². The maximum absolute atomic E-state index is 11.7. The Balaban J connectivity index is 2.82. The number of hydrogen-bond acceptors (Lipinski definition) is 1. The number of aromatic nitrogens is 1. The SMILES string of the molecule is Cn1c(=O)cc(CCBr)c2ccccc21. The Bertz CT molecular complexity index is 545. The van der Waals surface area contributed by atoms with Crippen molar-refractivity contribution in [2.45, 2.75) is 6.42 Å². The summed E-state index contributed by atoms with van der Waals surface area (Å²) in [5.74, 6) is 0. The Morgan fingerprint density at radius 3 is 2.80 bits per heavy atom. The first-order chi connectivity index (χ1) is 7.24. The number of rotatable bonds is 2. The van der Waals surface area contributed by atoms with Gasteiger partial charge in [-0.15, -0.1) is 0 Å². The highest BCUT2D eigenvalue weighted by Gasteiger charge is 2.04. The third-order valence-corrected chi connectivity index (χ3v) is 3.00. The molecule has 0 aliphatic carbocycles. The standard InChI is InChI=1S/C12H12BrNO/c1-14-11-5-3-2-4-10(11)9(6-7-13)8-12(14)15/h2-5,8H,6-7H2,1H3. The summed E-state index contributed by atoms with van der Waals surface area (Å²) < 4.78 is 1.69. The molecule has 2 nitrogen and oxygen atoms in total. The minimum Gasteiger partial charge on any atom is -0.311 e. The van der Waals surface area contributed by atoms with Gasteiger partial charge in [0, 0.05) is 23.8 Å². The lowest BCUT2D eigenvalue weighted by molar-refractivity contribution is 0.899. The van der Waals surface area contributed by atoms with Gasteiger partial charge in [-0.1, -0.05) is 34.1 Å². The summed E-state index contributed by atoms with van der Waals surface area (Å²) in [5.41, 5.74) is 2.18. The van der Waals surface area contributed by atoms with Gasteiger partial charge in [-0.2, -0.15) is 0 Å². The monoisotopic (exact) mass is 265 g/mol. The minimum atomic E-state index is 0.0599. The van der Waals surface area contributed by atoms with Crippen LogP contribution in [-0.4, -0.2) is 9.90 Å². The lowest BCUT2D eigenvalue weighted by Crippen LogP contribution is -2.17. The number of para-hydroxylation sites is 1. The Morgan fingerprint density at radius 1 is 1.33 bits per heavy atom. The summed E-state index contributed by atoms with van der Waals surface area (Å²) in [6.45, 7) is 0. The van der Waals surface area contributed by atoms with E-state index in [1.165, 1.54) is 5.39 Å². The van der Waals surface area contributed by atoms with Crippen molar-refractivity contribution in [2.24, 2.45) is 7.05 Å². The van der Waals surface area contributed by atoms with Crippen LogP contribution in [0.5, 0.6) is 0 Å². The highest BCUT2D eigenvalue weighted by atomic mass is 79.9. The van der Waals surface area contributed by atoms with Gasteiger partial charge in [0.1, 0.15) is 0 Å². The molecule has 0 saturated heterocycles. The molecule has 0 bridgehead atoms. The molecule has 2 rings (SSSR count). The van der Waals surface area contributed by atoms with E-state index in [0.29, 0.717) is 0 Å². The quantitative estimate of drug-likeness (QED) is 0.765. The molecule has 1 aromatic carbocycles. The molecule has 0 unspecified atom stereocenters. The number of benzene rings is 1. The Morgan fingerprint density at radius 2 is 2.07 bits per heavy atom. The van der Waals surface area contributed by atoms with Crippen molar-refractivity contribution in [2.75, 3.05) is 5.33 Å². The fourth-order valence-electron chi connectivity index (χ4n) is 1.79. The Hall–Kier alpha value is -1.09. The molecule has 0 amide bonds. The summed E-state index contributed by atoms with van der Waals surface area (Å²) in [5, 5.41) is 2.04. The van der Waals surface area contributed by atoms with E-state index in [-0.39, 0.29) is 5.56 Å². The summed E-state index contributed by atoms with van der Waals surface area (Å²) >= 11 is 3.41. The number of fused-ring (bicyclic) bond motifs is 1.